The van der Waals surface area contributed by atoms with E-state index in [1.54, 1.807) is 0 Å². The number of H-pyrrole nitrogens is 2. The summed E-state index contributed by atoms with van der Waals surface area (Å²) >= 11 is 3.36. The van der Waals surface area contributed by atoms with Crippen LogP contribution >= 0.6 is 15.9 Å². The van der Waals surface area contributed by atoms with Crippen molar-refractivity contribution in [2.75, 3.05) is 5.33 Å². The second-order valence-electron chi connectivity index (χ2n) is 3.26. The summed E-state index contributed by atoms with van der Waals surface area (Å²) < 4.78 is 0. The van der Waals surface area contributed by atoms with E-state index in [-0.39, 0.29) is 5.69 Å². The molecule has 0 aliphatic rings. The summed E-state index contributed by atoms with van der Waals surface area (Å²) in [5.74, 6) is 0. The molecule has 1 aromatic heterocycles. The number of allylic oxidation sites excluding steroid dienone is 1. The lowest BCUT2D eigenvalue weighted by molar-refractivity contribution is 1.21. The predicted molar refractivity (Wildman–Crippen MR) is 66.4 cm³/mol. The van der Waals surface area contributed by atoms with Gasteiger partial charge < -0.3 is 9.97 Å². The van der Waals surface area contributed by atoms with E-state index in [4.69, 9.17) is 0 Å². The van der Waals surface area contributed by atoms with Gasteiger partial charge in [-0.25, -0.2) is 4.79 Å². The Labute approximate surface area is 95.3 Å². The Bertz CT molecular complexity index is 539. The molecule has 0 atom stereocenters. The molecule has 15 heavy (non-hydrogen) atoms. The number of hydrogen-bond acceptors (Lipinski definition) is 1. The van der Waals surface area contributed by atoms with E-state index in [1.807, 2.05) is 24.3 Å². The lowest BCUT2D eigenvalue weighted by atomic mass is 10.2. The number of alkyl halides is 1. The molecule has 2 rings (SSSR count). The number of rotatable bonds is 3. The summed E-state index contributed by atoms with van der Waals surface area (Å²) in [5.41, 5.74) is 2.63. The van der Waals surface area contributed by atoms with Gasteiger partial charge in [0.25, 0.3) is 0 Å². The fourth-order valence-electron chi connectivity index (χ4n) is 1.44. The molecule has 0 amide bonds. The molecular formula is C11H11BrN2O. The van der Waals surface area contributed by atoms with Gasteiger partial charge in [0.2, 0.25) is 0 Å². The third kappa shape index (κ3) is 2.39. The highest BCUT2D eigenvalue weighted by atomic mass is 79.9. The number of nitrogens with one attached hydrogen (secondary N) is 2. The molecule has 0 spiro atoms. The van der Waals surface area contributed by atoms with Crippen molar-refractivity contribution in [3.05, 3.63) is 40.3 Å². The topological polar surface area (TPSA) is 48.6 Å². The summed E-state index contributed by atoms with van der Waals surface area (Å²) in [4.78, 5) is 16.5. The largest absolute Gasteiger partial charge is 0.323 e. The van der Waals surface area contributed by atoms with Gasteiger partial charge >= 0.3 is 5.69 Å². The number of aromatic amines is 2. The number of imidazole rings is 1. The second-order valence-corrected chi connectivity index (χ2v) is 4.06. The van der Waals surface area contributed by atoms with Crippen LogP contribution in [0.2, 0.25) is 0 Å². The van der Waals surface area contributed by atoms with Crippen LogP contribution in [0.25, 0.3) is 17.1 Å². The molecule has 0 unspecified atom stereocenters. The molecule has 1 heterocycles. The molecule has 0 saturated carbocycles. The van der Waals surface area contributed by atoms with Crippen LogP contribution in [0.15, 0.2) is 29.1 Å². The first kappa shape index (κ1) is 10.2. The lowest BCUT2D eigenvalue weighted by Gasteiger charge is -1.93. The van der Waals surface area contributed by atoms with Crippen LogP contribution in [-0.4, -0.2) is 15.3 Å². The Morgan fingerprint density at radius 3 is 2.87 bits per heavy atom. The first-order valence-electron chi connectivity index (χ1n) is 4.74. The van der Waals surface area contributed by atoms with E-state index in [0.29, 0.717) is 0 Å². The highest BCUT2D eigenvalue weighted by Gasteiger charge is 1.97. The van der Waals surface area contributed by atoms with Gasteiger partial charge in [-0.2, -0.15) is 0 Å². The van der Waals surface area contributed by atoms with E-state index in [1.165, 1.54) is 0 Å². The molecule has 3 nitrogen and oxygen atoms in total. The maximum atomic E-state index is 11.0. The predicted octanol–water partition coefficient (Wildman–Crippen LogP) is 2.65. The molecule has 78 valence electrons. The molecule has 0 bridgehead atoms. The van der Waals surface area contributed by atoms with Gasteiger partial charge in [0.1, 0.15) is 0 Å². The van der Waals surface area contributed by atoms with Crippen molar-refractivity contribution >= 4 is 33.0 Å². The van der Waals surface area contributed by atoms with Crippen molar-refractivity contribution in [3.63, 3.8) is 0 Å². The van der Waals surface area contributed by atoms with Crippen molar-refractivity contribution in [1.29, 1.82) is 0 Å². The van der Waals surface area contributed by atoms with Crippen LogP contribution in [0.4, 0.5) is 0 Å². The number of halogens is 1. The van der Waals surface area contributed by atoms with Crippen molar-refractivity contribution in [2.45, 2.75) is 6.42 Å². The van der Waals surface area contributed by atoms with Crippen LogP contribution in [0.3, 0.4) is 0 Å². The smallest absolute Gasteiger partial charge is 0.306 e. The minimum atomic E-state index is -0.161. The Morgan fingerprint density at radius 1 is 1.27 bits per heavy atom. The number of benzene rings is 1. The van der Waals surface area contributed by atoms with Crippen molar-refractivity contribution in [1.82, 2.24) is 9.97 Å². The standard InChI is InChI=1S/C11H11BrN2O/c12-6-2-1-3-8-4-5-9-10(7-8)14-11(15)13-9/h1,3-5,7H,2,6H2,(H2,13,14,15). The zero-order valence-electron chi connectivity index (χ0n) is 8.09. The molecule has 0 aliphatic heterocycles. The maximum Gasteiger partial charge on any atom is 0.323 e. The average Bonchev–Trinajstić information content (AvgIpc) is 2.57. The highest BCUT2D eigenvalue weighted by molar-refractivity contribution is 9.09. The Balaban J connectivity index is 2.34. The summed E-state index contributed by atoms with van der Waals surface area (Å²) in [7, 11) is 0. The average molecular weight is 267 g/mol. The molecule has 2 aromatic rings. The first-order valence-corrected chi connectivity index (χ1v) is 5.86. The lowest BCUT2D eigenvalue weighted by Crippen LogP contribution is -1.99. The zero-order chi connectivity index (χ0) is 10.7. The summed E-state index contributed by atoms with van der Waals surface area (Å²) in [6.07, 6.45) is 5.15. The fourth-order valence-corrected chi connectivity index (χ4v) is 1.70. The van der Waals surface area contributed by atoms with E-state index in [9.17, 15) is 4.79 Å². The van der Waals surface area contributed by atoms with Gasteiger partial charge in [0.15, 0.2) is 0 Å². The van der Waals surface area contributed by atoms with Gasteiger partial charge in [-0.05, 0) is 24.1 Å². The molecule has 0 radical (unpaired) electrons. The molecule has 4 heteroatoms. The highest BCUT2D eigenvalue weighted by Crippen LogP contribution is 2.11. The van der Waals surface area contributed by atoms with Gasteiger partial charge in [0.05, 0.1) is 11.0 Å². The van der Waals surface area contributed by atoms with Crippen molar-refractivity contribution in [2.24, 2.45) is 0 Å². The van der Waals surface area contributed by atoms with E-state index in [2.05, 4.69) is 32.0 Å². The van der Waals surface area contributed by atoms with Gasteiger partial charge in [-0.1, -0.05) is 34.1 Å². The van der Waals surface area contributed by atoms with E-state index < -0.39 is 0 Å². The maximum absolute atomic E-state index is 11.0. The monoisotopic (exact) mass is 266 g/mol. The second kappa shape index (κ2) is 4.49. The van der Waals surface area contributed by atoms with Gasteiger partial charge in [-0.3, -0.25) is 0 Å². The number of aromatic nitrogens is 2. The Hall–Kier alpha value is -1.29. The van der Waals surface area contributed by atoms with E-state index in [0.717, 1.165) is 28.3 Å². The van der Waals surface area contributed by atoms with Crippen molar-refractivity contribution < 1.29 is 0 Å². The third-order valence-electron chi connectivity index (χ3n) is 2.13. The summed E-state index contributed by atoms with van der Waals surface area (Å²) in [6, 6.07) is 5.84. The normalized spacial score (nSPS) is 11.5. The molecule has 2 N–H and O–H groups in total. The molecule has 0 saturated heterocycles. The minimum Gasteiger partial charge on any atom is -0.306 e. The van der Waals surface area contributed by atoms with Crippen LogP contribution < -0.4 is 5.69 Å². The molecule has 0 fully saturated rings. The Morgan fingerprint density at radius 2 is 2.07 bits per heavy atom. The zero-order valence-corrected chi connectivity index (χ0v) is 9.67. The number of fused-ring (bicyclic) bond motifs is 1. The summed E-state index contributed by atoms with van der Waals surface area (Å²) in [6.45, 7) is 0. The number of hydrogen-bond donors (Lipinski definition) is 2. The van der Waals surface area contributed by atoms with Crippen LogP contribution in [0.1, 0.15) is 12.0 Å². The molecular weight excluding hydrogens is 256 g/mol. The van der Waals surface area contributed by atoms with Crippen molar-refractivity contribution in [3.8, 4) is 0 Å². The van der Waals surface area contributed by atoms with Crippen LogP contribution in [-0.2, 0) is 0 Å². The Kier molecular flexibility index (Phi) is 3.06. The first-order chi connectivity index (χ1) is 7.29. The van der Waals surface area contributed by atoms with Gasteiger partial charge in [-0.15, -0.1) is 0 Å². The van der Waals surface area contributed by atoms with Gasteiger partial charge in [0, 0.05) is 5.33 Å². The SMILES string of the molecule is O=c1[nH]c2ccc(C=CCCBr)cc2[nH]1. The van der Waals surface area contributed by atoms with Crippen LogP contribution in [0, 0.1) is 0 Å². The molecule has 1 aromatic carbocycles. The minimum absolute atomic E-state index is 0.161. The fraction of sp³-hybridized carbons (Fsp3) is 0.182. The third-order valence-corrected chi connectivity index (χ3v) is 2.58. The summed E-state index contributed by atoms with van der Waals surface area (Å²) in [5, 5.41) is 0.965. The van der Waals surface area contributed by atoms with Crippen LogP contribution in [0.5, 0.6) is 0 Å². The quantitative estimate of drug-likeness (QED) is 0.825. The molecule has 0 aliphatic carbocycles. The van der Waals surface area contributed by atoms with E-state index >= 15 is 0 Å².